The lowest BCUT2D eigenvalue weighted by Crippen LogP contribution is -2.48. The zero-order chi connectivity index (χ0) is 18.1. The topological polar surface area (TPSA) is 41.6 Å². The molecule has 0 aliphatic carbocycles. The van der Waals surface area contributed by atoms with Crippen molar-refractivity contribution in [2.24, 2.45) is 0 Å². The molecule has 0 amide bonds. The number of allylic oxidation sites excluding steroid dienone is 1. The van der Waals surface area contributed by atoms with E-state index >= 15 is 0 Å². The molecule has 1 aliphatic heterocycles. The number of hydrogen-bond donors (Lipinski definition) is 1. The summed E-state index contributed by atoms with van der Waals surface area (Å²) >= 11 is 7.23. The van der Waals surface area contributed by atoms with E-state index in [-0.39, 0.29) is 12.0 Å². The fourth-order valence-corrected chi connectivity index (χ4v) is 4.17. The summed E-state index contributed by atoms with van der Waals surface area (Å²) in [4.78, 5) is 15.5. The van der Waals surface area contributed by atoms with Crippen LogP contribution in [-0.2, 0) is 9.53 Å². The van der Waals surface area contributed by atoms with Gasteiger partial charge >= 0.3 is 5.97 Å². The SMILES string of the molecule is COC(=O)C1=C(C)N(c2cc(C)ccc2C)C(=S)N[C@H]1c1cccs1. The van der Waals surface area contributed by atoms with Crippen LogP contribution in [0.3, 0.4) is 0 Å². The molecule has 1 N–H and O–H groups in total. The molecule has 130 valence electrons. The molecule has 4 nitrogen and oxygen atoms in total. The molecule has 2 aromatic rings. The van der Waals surface area contributed by atoms with Crippen molar-refractivity contribution in [2.75, 3.05) is 12.0 Å². The van der Waals surface area contributed by atoms with Gasteiger partial charge in [-0.2, -0.15) is 0 Å². The van der Waals surface area contributed by atoms with Gasteiger partial charge < -0.3 is 10.1 Å². The van der Waals surface area contributed by atoms with Gasteiger partial charge in [-0.1, -0.05) is 18.2 Å². The number of methoxy groups -OCH3 is 1. The van der Waals surface area contributed by atoms with Crippen LogP contribution >= 0.6 is 23.6 Å². The number of carbonyl (C=O) groups excluding carboxylic acids is 1. The van der Waals surface area contributed by atoms with Gasteiger partial charge in [-0.25, -0.2) is 4.79 Å². The van der Waals surface area contributed by atoms with E-state index in [1.165, 1.54) is 7.11 Å². The maximum Gasteiger partial charge on any atom is 0.338 e. The third kappa shape index (κ3) is 3.19. The summed E-state index contributed by atoms with van der Waals surface area (Å²) in [5, 5.41) is 5.89. The van der Waals surface area contributed by atoms with Gasteiger partial charge in [-0.05, 0) is 61.6 Å². The van der Waals surface area contributed by atoms with E-state index in [4.69, 9.17) is 17.0 Å². The Morgan fingerprint density at radius 2 is 2.04 bits per heavy atom. The second kappa shape index (κ2) is 6.98. The fraction of sp³-hybridized carbons (Fsp3) is 0.263. The second-order valence-electron chi connectivity index (χ2n) is 6.01. The quantitative estimate of drug-likeness (QED) is 0.644. The summed E-state index contributed by atoms with van der Waals surface area (Å²) in [6, 6.07) is 9.87. The molecule has 1 aromatic carbocycles. The molecule has 6 heteroatoms. The Morgan fingerprint density at radius 1 is 1.28 bits per heavy atom. The number of aryl methyl sites for hydroxylation is 2. The van der Waals surface area contributed by atoms with Crippen molar-refractivity contribution in [2.45, 2.75) is 26.8 Å². The molecule has 0 saturated heterocycles. The highest BCUT2D eigenvalue weighted by molar-refractivity contribution is 7.80. The van der Waals surface area contributed by atoms with Gasteiger partial charge in [-0.3, -0.25) is 4.90 Å². The van der Waals surface area contributed by atoms with E-state index in [0.717, 1.165) is 27.4 Å². The van der Waals surface area contributed by atoms with Crippen LogP contribution in [0.15, 0.2) is 47.0 Å². The molecule has 0 saturated carbocycles. The van der Waals surface area contributed by atoms with E-state index in [2.05, 4.69) is 23.5 Å². The van der Waals surface area contributed by atoms with Crippen molar-refractivity contribution in [3.63, 3.8) is 0 Å². The molecule has 0 spiro atoms. The number of benzene rings is 1. The second-order valence-corrected chi connectivity index (χ2v) is 7.38. The molecular formula is C19H20N2O2S2. The lowest BCUT2D eigenvalue weighted by molar-refractivity contribution is -0.136. The third-order valence-electron chi connectivity index (χ3n) is 4.32. The van der Waals surface area contributed by atoms with Crippen LogP contribution in [0.5, 0.6) is 0 Å². The minimum Gasteiger partial charge on any atom is -0.466 e. The third-order valence-corrected chi connectivity index (χ3v) is 5.56. The van der Waals surface area contributed by atoms with Crippen molar-refractivity contribution < 1.29 is 9.53 Å². The standard InChI is InChI=1S/C19H20N2O2S2/c1-11-7-8-12(2)14(10-11)21-13(3)16(18(22)23-4)17(20-19(21)24)15-6-5-9-25-15/h5-10,17H,1-4H3,(H,20,24)/t17-/m0/s1. The first-order valence-electron chi connectivity index (χ1n) is 7.94. The van der Waals surface area contributed by atoms with Crippen molar-refractivity contribution >= 4 is 40.3 Å². The number of nitrogens with one attached hydrogen (secondary N) is 1. The Kier molecular flexibility index (Phi) is 4.92. The molecule has 3 rings (SSSR count). The van der Waals surface area contributed by atoms with Gasteiger partial charge in [0.25, 0.3) is 0 Å². The highest BCUT2D eigenvalue weighted by Crippen LogP contribution is 2.36. The predicted octanol–water partition coefficient (Wildman–Crippen LogP) is 4.25. The van der Waals surface area contributed by atoms with Gasteiger partial charge in [0.15, 0.2) is 5.11 Å². The van der Waals surface area contributed by atoms with Crippen LogP contribution in [0.1, 0.15) is 29.0 Å². The number of rotatable bonds is 3. The number of hydrogen-bond acceptors (Lipinski definition) is 4. The molecule has 1 aromatic heterocycles. The van der Waals surface area contributed by atoms with Gasteiger partial charge in [0.05, 0.1) is 24.4 Å². The van der Waals surface area contributed by atoms with Gasteiger partial charge in [0.1, 0.15) is 0 Å². The monoisotopic (exact) mass is 372 g/mol. The highest BCUT2D eigenvalue weighted by Gasteiger charge is 2.36. The maximum absolute atomic E-state index is 12.5. The Bertz CT molecular complexity index is 856. The minimum absolute atomic E-state index is 0.290. The van der Waals surface area contributed by atoms with Gasteiger partial charge in [0.2, 0.25) is 0 Å². The molecule has 0 fully saturated rings. The number of ether oxygens (including phenoxy) is 1. The van der Waals surface area contributed by atoms with Crippen LogP contribution in [0.2, 0.25) is 0 Å². The molecule has 0 unspecified atom stereocenters. The van der Waals surface area contributed by atoms with Crippen LogP contribution in [0, 0.1) is 13.8 Å². The first kappa shape index (κ1) is 17.6. The van der Waals surface area contributed by atoms with E-state index in [1.807, 2.05) is 43.2 Å². The zero-order valence-electron chi connectivity index (χ0n) is 14.6. The maximum atomic E-state index is 12.5. The van der Waals surface area contributed by atoms with Crippen LogP contribution in [-0.4, -0.2) is 18.2 Å². The Morgan fingerprint density at radius 3 is 2.68 bits per heavy atom. The average molecular weight is 373 g/mol. The largest absolute Gasteiger partial charge is 0.466 e. The van der Waals surface area contributed by atoms with E-state index in [1.54, 1.807) is 11.3 Å². The molecule has 0 radical (unpaired) electrons. The lowest BCUT2D eigenvalue weighted by Gasteiger charge is -2.37. The van der Waals surface area contributed by atoms with Crippen molar-refractivity contribution in [1.29, 1.82) is 0 Å². The number of nitrogens with zero attached hydrogens (tertiary/aromatic N) is 1. The van der Waals surface area contributed by atoms with Crippen LogP contribution in [0.25, 0.3) is 0 Å². The van der Waals surface area contributed by atoms with Crippen molar-refractivity contribution in [3.8, 4) is 0 Å². The lowest BCUT2D eigenvalue weighted by atomic mass is 9.99. The number of thiophene rings is 1. The first-order chi connectivity index (χ1) is 11.9. The van der Waals surface area contributed by atoms with Crippen LogP contribution < -0.4 is 10.2 Å². The van der Waals surface area contributed by atoms with Crippen LogP contribution in [0.4, 0.5) is 5.69 Å². The first-order valence-corrected chi connectivity index (χ1v) is 9.23. The molecule has 1 atom stereocenters. The molecule has 0 bridgehead atoms. The Labute approximate surface area is 157 Å². The normalized spacial score (nSPS) is 17.5. The van der Waals surface area contributed by atoms with Gasteiger partial charge in [0, 0.05) is 10.6 Å². The van der Waals surface area contributed by atoms with E-state index < -0.39 is 0 Å². The number of anilines is 1. The van der Waals surface area contributed by atoms with E-state index in [9.17, 15) is 4.79 Å². The summed E-state index contributed by atoms with van der Waals surface area (Å²) in [5.41, 5.74) is 4.58. The number of carbonyl (C=O) groups is 1. The Hall–Kier alpha value is -2.18. The number of esters is 1. The summed E-state index contributed by atoms with van der Waals surface area (Å²) in [6.45, 7) is 5.99. The molecular weight excluding hydrogens is 352 g/mol. The highest BCUT2D eigenvalue weighted by atomic mass is 32.1. The summed E-state index contributed by atoms with van der Waals surface area (Å²) in [6.07, 6.45) is 0. The van der Waals surface area contributed by atoms with Crippen molar-refractivity contribution in [3.05, 3.63) is 63.0 Å². The van der Waals surface area contributed by atoms with E-state index in [0.29, 0.717) is 10.7 Å². The van der Waals surface area contributed by atoms with Crippen molar-refractivity contribution in [1.82, 2.24) is 5.32 Å². The zero-order valence-corrected chi connectivity index (χ0v) is 16.3. The Balaban J connectivity index is 2.18. The molecule has 25 heavy (non-hydrogen) atoms. The molecule has 2 heterocycles. The summed E-state index contributed by atoms with van der Waals surface area (Å²) < 4.78 is 5.06. The smallest absolute Gasteiger partial charge is 0.338 e. The summed E-state index contributed by atoms with van der Waals surface area (Å²) in [7, 11) is 1.41. The number of thiocarbonyl (C=S) groups is 1. The predicted molar refractivity (Wildman–Crippen MR) is 106 cm³/mol. The molecule has 1 aliphatic rings. The average Bonchev–Trinajstić information content (AvgIpc) is 3.11. The fourth-order valence-electron chi connectivity index (χ4n) is 3.04. The van der Waals surface area contributed by atoms with Gasteiger partial charge in [-0.15, -0.1) is 11.3 Å². The minimum atomic E-state index is -0.346. The summed E-state index contributed by atoms with van der Waals surface area (Å²) in [5.74, 6) is -0.346.